The fraction of sp³-hybridized carbons (Fsp3) is 0.269. The van der Waals surface area contributed by atoms with Gasteiger partial charge in [-0.1, -0.05) is 42.7 Å². The van der Waals surface area contributed by atoms with Crippen LogP contribution in [0.4, 0.5) is 5.69 Å². The zero-order chi connectivity index (χ0) is 22.1. The van der Waals surface area contributed by atoms with E-state index in [-0.39, 0.29) is 5.91 Å². The van der Waals surface area contributed by atoms with Crippen LogP contribution in [0.25, 0.3) is 22.7 Å². The summed E-state index contributed by atoms with van der Waals surface area (Å²) in [5.74, 6) is 1.04. The van der Waals surface area contributed by atoms with E-state index < -0.39 is 5.41 Å². The molecule has 1 aliphatic carbocycles. The molecule has 6 nitrogen and oxygen atoms in total. The predicted octanol–water partition coefficient (Wildman–Crippen LogP) is 5.66. The van der Waals surface area contributed by atoms with Gasteiger partial charge in [-0.25, -0.2) is 4.98 Å². The second kappa shape index (κ2) is 8.11. The van der Waals surface area contributed by atoms with E-state index in [1.807, 2.05) is 30.3 Å². The minimum absolute atomic E-state index is 0.00599. The number of amides is 1. The lowest BCUT2D eigenvalue weighted by molar-refractivity contribution is -0.121. The van der Waals surface area contributed by atoms with Crippen molar-refractivity contribution in [1.29, 1.82) is 0 Å². The molecule has 32 heavy (non-hydrogen) atoms. The molecule has 0 saturated heterocycles. The molecule has 2 aromatic heterocycles. The van der Waals surface area contributed by atoms with E-state index in [2.05, 4.69) is 46.5 Å². The fourth-order valence-corrected chi connectivity index (χ4v) is 4.57. The quantitative estimate of drug-likeness (QED) is 0.445. The number of oxazole rings is 1. The largest absolute Gasteiger partial charge is 0.495 e. The maximum atomic E-state index is 13.7. The summed E-state index contributed by atoms with van der Waals surface area (Å²) in [7, 11) is 1.60. The van der Waals surface area contributed by atoms with Crippen molar-refractivity contribution < 1.29 is 13.9 Å². The highest BCUT2D eigenvalue weighted by Crippen LogP contribution is 2.43. The summed E-state index contributed by atoms with van der Waals surface area (Å²) in [5.41, 5.74) is 4.23. The van der Waals surface area contributed by atoms with Gasteiger partial charge in [0.1, 0.15) is 5.75 Å². The average Bonchev–Trinajstić information content (AvgIpc) is 3.48. The Bertz CT molecular complexity index is 1240. The Balaban J connectivity index is 1.50. The molecule has 0 aliphatic heterocycles. The van der Waals surface area contributed by atoms with E-state index in [0.29, 0.717) is 28.6 Å². The van der Waals surface area contributed by atoms with E-state index in [0.717, 1.165) is 36.8 Å². The maximum absolute atomic E-state index is 13.7. The Morgan fingerprint density at radius 2 is 1.88 bits per heavy atom. The lowest BCUT2D eigenvalue weighted by atomic mass is 9.77. The van der Waals surface area contributed by atoms with Gasteiger partial charge in [-0.15, -0.1) is 0 Å². The molecular weight excluding hydrogens is 402 g/mol. The number of fused-ring (bicyclic) bond motifs is 1. The number of rotatable bonds is 5. The van der Waals surface area contributed by atoms with Crippen LogP contribution in [0.2, 0.25) is 0 Å². The number of hydrogen-bond acceptors (Lipinski definition) is 5. The molecule has 0 spiro atoms. The average molecular weight is 428 g/mol. The van der Waals surface area contributed by atoms with Crippen molar-refractivity contribution in [3.63, 3.8) is 0 Å². The van der Waals surface area contributed by atoms with Crippen molar-refractivity contribution in [2.75, 3.05) is 12.4 Å². The van der Waals surface area contributed by atoms with E-state index in [9.17, 15) is 4.79 Å². The summed E-state index contributed by atoms with van der Waals surface area (Å²) >= 11 is 0. The number of nitrogens with one attached hydrogen (secondary N) is 1. The van der Waals surface area contributed by atoms with Gasteiger partial charge in [0.25, 0.3) is 0 Å². The number of aryl methyl sites for hydroxylation is 1. The zero-order valence-corrected chi connectivity index (χ0v) is 18.2. The first-order valence-electron chi connectivity index (χ1n) is 10.9. The van der Waals surface area contributed by atoms with E-state index in [4.69, 9.17) is 9.15 Å². The summed E-state index contributed by atoms with van der Waals surface area (Å²) in [6, 6.07) is 17.5. The molecule has 2 heterocycles. The van der Waals surface area contributed by atoms with Gasteiger partial charge in [-0.05, 0) is 55.7 Å². The summed E-state index contributed by atoms with van der Waals surface area (Å²) in [4.78, 5) is 22.4. The third kappa shape index (κ3) is 3.51. The van der Waals surface area contributed by atoms with Crippen LogP contribution in [-0.4, -0.2) is 23.0 Å². The highest BCUT2D eigenvalue weighted by atomic mass is 16.5. The minimum Gasteiger partial charge on any atom is -0.495 e. The minimum atomic E-state index is -0.531. The van der Waals surface area contributed by atoms with Crippen LogP contribution in [0.15, 0.2) is 65.2 Å². The SMILES string of the molecule is COc1ccc(-c2nc3ncccc3o2)cc1NC(=O)C1(c2ccc(C)cc2)CCCC1. The highest BCUT2D eigenvalue weighted by molar-refractivity contribution is 6.01. The topological polar surface area (TPSA) is 77.2 Å². The smallest absolute Gasteiger partial charge is 0.235 e. The van der Waals surface area contributed by atoms with Gasteiger partial charge in [0.15, 0.2) is 11.2 Å². The zero-order valence-electron chi connectivity index (χ0n) is 18.2. The Labute approximate surface area is 186 Å². The molecule has 1 fully saturated rings. The van der Waals surface area contributed by atoms with Crippen molar-refractivity contribution >= 4 is 22.8 Å². The Morgan fingerprint density at radius 3 is 2.59 bits per heavy atom. The van der Waals surface area contributed by atoms with Crippen LogP contribution in [0, 0.1) is 6.92 Å². The fourth-order valence-electron chi connectivity index (χ4n) is 4.57. The molecule has 5 rings (SSSR count). The first kappa shape index (κ1) is 20.2. The third-order valence-corrected chi connectivity index (χ3v) is 6.36. The molecule has 1 saturated carbocycles. The molecule has 2 aromatic carbocycles. The second-order valence-electron chi connectivity index (χ2n) is 8.37. The normalized spacial score (nSPS) is 15.1. The van der Waals surface area contributed by atoms with Crippen LogP contribution < -0.4 is 10.1 Å². The number of pyridine rings is 1. The van der Waals surface area contributed by atoms with Gasteiger partial charge in [0, 0.05) is 11.8 Å². The number of benzene rings is 2. The monoisotopic (exact) mass is 427 g/mol. The number of hydrogen-bond donors (Lipinski definition) is 1. The predicted molar refractivity (Wildman–Crippen MR) is 124 cm³/mol. The van der Waals surface area contributed by atoms with Crippen molar-refractivity contribution in [1.82, 2.24) is 9.97 Å². The molecule has 4 aromatic rings. The first-order valence-corrected chi connectivity index (χ1v) is 10.9. The molecule has 162 valence electrons. The van der Waals surface area contributed by atoms with E-state index >= 15 is 0 Å². The number of aromatic nitrogens is 2. The molecule has 0 unspecified atom stereocenters. The van der Waals surface area contributed by atoms with E-state index in [1.165, 1.54) is 5.56 Å². The number of carbonyl (C=O) groups excluding carboxylic acids is 1. The molecule has 0 bridgehead atoms. The lowest BCUT2D eigenvalue weighted by Gasteiger charge is -2.29. The molecule has 1 aliphatic rings. The third-order valence-electron chi connectivity index (χ3n) is 6.36. The number of anilines is 1. The Kier molecular flexibility index (Phi) is 5.13. The molecule has 0 radical (unpaired) electrons. The van der Waals surface area contributed by atoms with Gasteiger partial charge in [-0.3, -0.25) is 4.79 Å². The van der Waals surface area contributed by atoms with Gasteiger partial charge < -0.3 is 14.5 Å². The molecular formula is C26H25N3O3. The van der Waals surface area contributed by atoms with Gasteiger partial charge in [-0.2, -0.15) is 4.98 Å². The van der Waals surface area contributed by atoms with Gasteiger partial charge >= 0.3 is 0 Å². The number of methoxy groups -OCH3 is 1. The molecule has 6 heteroatoms. The van der Waals surface area contributed by atoms with Gasteiger partial charge in [0.05, 0.1) is 18.2 Å². The first-order chi connectivity index (χ1) is 15.6. The van der Waals surface area contributed by atoms with Crippen LogP contribution in [0.1, 0.15) is 36.8 Å². The van der Waals surface area contributed by atoms with E-state index in [1.54, 1.807) is 13.3 Å². The number of carbonyl (C=O) groups is 1. The van der Waals surface area contributed by atoms with Crippen LogP contribution >= 0.6 is 0 Å². The van der Waals surface area contributed by atoms with Gasteiger partial charge in [0.2, 0.25) is 11.8 Å². The molecule has 0 atom stereocenters. The Hall–Kier alpha value is -3.67. The standard InChI is InChI=1S/C26H25N3O3/c1-17-7-10-19(11-8-17)26(13-3-4-14-26)25(30)28-20-16-18(9-12-21(20)31-2)24-29-23-22(32-24)6-5-15-27-23/h5-12,15-16H,3-4,13-14H2,1-2H3,(H,28,30). The Morgan fingerprint density at radius 1 is 1.09 bits per heavy atom. The lowest BCUT2D eigenvalue weighted by Crippen LogP contribution is -2.38. The summed E-state index contributed by atoms with van der Waals surface area (Å²) in [6.45, 7) is 2.06. The summed E-state index contributed by atoms with van der Waals surface area (Å²) in [6.07, 6.45) is 5.42. The van der Waals surface area contributed by atoms with Crippen molar-refractivity contribution in [2.24, 2.45) is 0 Å². The summed E-state index contributed by atoms with van der Waals surface area (Å²) < 4.78 is 11.4. The maximum Gasteiger partial charge on any atom is 0.235 e. The van der Waals surface area contributed by atoms with Crippen molar-refractivity contribution in [3.05, 3.63) is 71.9 Å². The van der Waals surface area contributed by atoms with Crippen LogP contribution in [0.3, 0.4) is 0 Å². The second-order valence-corrected chi connectivity index (χ2v) is 8.37. The number of ether oxygens (including phenoxy) is 1. The van der Waals surface area contributed by atoms with Crippen LogP contribution in [-0.2, 0) is 10.2 Å². The number of nitrogens with zero attached hydrogens (tertiary/aromatic N) is 2. The summed E-state index contributed by atoms with van der Waals surface area (Å²) in [5, 5.41) is 3.15. The molecule has 1 amide bonds. The highest BCUT2D eigenvalue weighted by Gasteiger charge is 2.42. The van der Waals surface area contributed by atoms with Crippen molar-refractivity contribution in [2.45, 2.75) is 38.0 Å². The molecule has 1 N–H and O–H groups in total. The van der Waals surface area contributed by atoms with Crippen LogP contribution in [0.5, 0.6) is 5.75 Å². The van der Waals surface area contributed by atoms with Crippen molar-refractivity contribution in [3.8, 4) is 17.2 Å².